The minimum atomic E-state index is -0.526. The predicted octanol–water partition coefficient (Wildman–Crippen LogP) is 3.77. The fraction of sp³-hybridized carbons (Fsp3) is 0.333. The first-order valence-electron chi connectivity index (χ1n) is 9.57. The van der Waals surface area contributed by atoms with Gasteiger partial charge in [0.2, 0.25) is 0 Å². The summed E-state index contributed by atoms with van der Waals surface area (Å²) >= 11 is 0. The molecular formula is C21H22N4O4. The van der Waals surface area contributed by atoms with Crippen LogP contribution < -0.4 is 5.32 Å². The van der Waals surface area contributed by atoms with E-state index in [4.69, 9.17) is 9.26 Å². The lowest BCUT2D eigenvalue weighted by molar-refractivity contribution is 0.0588. The number of methoxy groups -OCH3 is 1. The summed E-state index contributed by atoms with van der Waals surface area (Å²) in [5.41, 5.74) is 1.98. The zero-order valence-corrected chi connectivity index (χ0v) is 16.3. The molecule has 0 unspecified atom stereocenters. The number of benzene rings is 1. The Labute approximate surface area is 167 Å². The number of hydrogen-bond acceptors (Lipinski definition) is 6. The number of nitrogens with zero attached hydrogens (tertiary/aromatic N) is 3. The smallest absolute Gasteiger partial charge is 0.356 e. The molecule has 1 aliphatic carbocycles. The van der Waals surface area contributed by atoms with Gasteiger partial charge in [-0.1, -0.05) is 48.3 Å². The first kappa shape index (κ1) is 18.9. The van der Waals surface area contributed by atoms with Crippen LogP contribution in [0.25, 0.3) is 11.3 Å². The van der Waals surface area contributed by atoms with E-state index in [1.54, 1.807) is 7.05 Å². The van der Waals surface area contributed by atoms with E-state index in [9.17, 15) is 9.59 Å². The van der Waals surface area contributed by atoms with Crippen molar-refractivity contribution in [3.05, 3.63) is 53.4 Å². The van der Waals surface area contributed by atoms with E-state index in [0.29, 0.717) is 17.0 Å². The van der Waals surface area contributed by atoms with Gasteiger partial charge in [0.05, 0.1) is 7.11 Å². The Morgan fingerprint density at radius 3 is 2.62 bits per heavy atom. The highest BCUT2D eigenvalue weighted by Gasteiger charge is 2.31. The third-order valence-electron chi connectivity index (χ3n) is 5.23. The Kier molecular flexibility index (Phi) is 5.16. The van der Waals surface area contributed by atoms with E-state index in [0.717, 1.165) is 31.2 Å². The van der Waals surface area contributed by atoms with Gasteiger partial charge in [0.15, 0.2) is 11.6 Å². The number of aromatic nitrogens is 3. The summed E-state index contributed by atoms with van der Waals surface area (Å²) in [6, 6.07) is 11.0. The predicted molar refractivity (Wildman–Crippen MR) is 106 cm³/mol. The van der Waals surface area contributed by atoms with Crippen LogP contribution in [-0.2, 0) is 11.8 Å². The number of esters is 1. The Morgan fingerprint density at radius 2 is 1.93 bits per heavy atom. The monoisotopic (exact) mass is 394 g/mol. The van der Waals surface area contributed by atoms with E-state index in [-0.39, 0.29) is 23.3 Å². The maximum atomic E-state index is 13.2. The number of nitrogens with one attached hydrogen (secondary N) is 1. The number of rotatable bonds is 5. The molecule has 0 bridgehead atoms. The summed E-state index contributed by atoms with van der Waals surface area (Å²) in [6.45, 7) is 0. The van der Waals surface area contributed by atoms with E-state index < -0.39 is 5.97 Å². The van der Waals surface area contributed by atoms with Gasteiger partial charge < -0.3 is 14.6 Å². The van der Waals surface area contributed by atoms with E-state index in [2.05, 4.69) is 15.6 Å². The summed E-state index contributed by atoms with van der Waals surface area (Å²) < 4.78 is 11.8. The average Bonchev–Trinajstić information content (AvgIpc) is 3.47. The second-order valence-corrected chi connectivity index (χ2v) is 7.10. The van der Waals surface area contributed by atoms with Gasteiger partial charge in [-0.05, 0) is 12.8 Å². The minimum absolute atomic E-state index is 0.176. The highest BCUT2D eigenvalue weighted by Crippen LogP contribution is 2.39. The molecule has 1 aliphatic rings. The fourth-order valence-electron chi connectivity index (χ4n) is 3.78. The largest absolute Gasteiger partial charge is 0.464 e. The van der Waals surface area contributed by atoms with Gasteiger partial charge in [-0.2, -0.15) is 5.10 Å². The van der Waals surface area contributed by atoms with Gasteiger partial charge in [-0.3, -0.25) is 9.48 Å². The highest BCUT2D eigenvalue weighted by molar-refractivity contribution is 6.08. The molecule has 150 valence electrons. The maximum absolute atomic E-state index is 13.2. The SMILES string of the molecule is COC(=O)c1cc(NC(=O)c2c(-c3ccccc3)noc2C2CCCC2)nn1C. The zero-order valence-electron chi connectivity index (χ0n) is 16.3. The Bertz CT molecular complexity index is 1030. The van der Waals surface area contributed by atoms with Crippen molar-refractivity contribution >= 4 is 17.7 Å². The second-order valence-electron chi connectivity index (χ2n) is 7.10. The molecule has 1 amide bonds. The van der Waals surface area contributed by atoms with Crippen LogP contribution in [0.1, 0.15) is 58.2 Å². The lowest BCUT2D eigenvalue weighted by Gasteiger charge is -2.08. The fourth-order valence-corrected chi connectivity index (χ4v) is 3.78. The van der Waals surface area contributed by atoms with Crippen LogP contribution in [-0.4, -0.2) is 33.9 Å². The molecule has 8 nitrogen and oxygen atoms in total. The lowest BCUT2D eigenvalue weighted by atomic mass is 9.97. The van der Waals surface area contributed by atoms with Crippen molar-refractivity contribution in [2.75, 3.05) is 12.4 Å². The van der Waals surface area contributed by atoms with Crippen molar-refractivity contribution in [2.24, 2.45) is 7.05 Å². The molecule has 0 aliphatic heterocycles. The molecule has 1 N–H and O–H groups in total. The molecule has 1 saturated carbocycles. The van der Waals surface area contributed by atoms with Gasteiger partial charge >= 0.3 is 5.97 Å². The average molecular weight is 394 g/mol. The molecule has 0 radical (unpaired) electrons. The molecular weight excluding hydrogens is 372 g/mol. The van der Waals surface area contributed by atoms with Gasteiger partial charge in [-0.15, -0.1) is 0 Å². The molecule has 0 spiro atoms. The summed E-state index contributed by atoms with van der Waals surface area (Å²) in [6.07, 6.45) is 4.16. The van der Waals surface area contributed by atoms with Crippen LogP contribution in [0, 0.1) is 0 Å². The van der Waals surface area contributed by atoms with Crippen molar-refractivity contribution < 1.29 is 18.8 Å². The van der Waals surface area contributed by atoms with Crippen LogP contribution in [0.4, 0.5) is 5.82 Å². The topological polar surface area (TPSA) is 99.2 Å². The van der Waals surface area contributed by atoms with Crippen LogP contribution >= 0.6 is 0 Å². The third kappa shape index (κ3) is 3.65. The van der Waals surface area contributed by atoms with E-state index in [1.807, 2.05) is 30.3 Å². The third-order valence-corrected chi connectivity index (χ3v) is 5.23. The normalized spacial score (nSPS) is 14.1. The number of hydrogen-bond donors (Lipinski definition) is 1. The first-order chi connectivity index (χ1) is 14.1. The summed E-state index contributed by atoms with van der Waals surface area (Å²) in [7, 11) is 2.91. The molecule has 3 aromatic rings. The van der Waals surface area contributed by atoms with Crippen molar-refractivity contribution in [3.63, 3.8) is 0 Å². The molecule has 2 heterocycles. The summed E-state index contributed by atoms with van der Waals surface area (Å²) in [5, 5.41) is 11.2. The highest BCUT2D eigenvalue weighted by atomic mass is 16.5. The van der Waals surface area contributed by atoms with E-state index in [1.165, 1.54) is 17.9 Å². The molecule has 1 fully saturated rings. The van der Waals surface area contributed by atoms with Crippen molar-refractivity contribution in [1.29, 1.82) is 0 Å². The Morgan fingerprint density at radius 1 is 1.21 bits per heavy atom. The van der Waals surface area contributed by atoms with Crippen LogP contribution in [0.15, 0.2) is 40.9 Å². The molecule has 0 saturated heterocycles. The van der Waals surface area contributed by atoms with Gasteiger partial charge in [0.25, 0.3) is 5.91 Å². The zero-order chi connectivity index (χ0) is 20.4. The number of carbonyl (C=O) groups excluding carboxylic acids is 2. The van der Waals surface area contributed by atoms with Gasteiger partial charge in [0.1, 0.15) is 17.0 Å². The lowest BCUT2D eigenvalue weighted by Crippen LogP contribution is -2.15. The minimum Gasteiger partial charge on any atom is -0.464 e. The summed E-state index contributed by atoms with van der Waals surface area (Å²) in [5.74, 6) is 0.164. The number of carbonyl (C=O) groups is 2. The van der Waals surface area contributed by atoms with Gasteiger partial charge in [0, 0.05) is 24.6 Å². The Hall–Kier alpha value is -3.42. The number of anilines is 1. The van der Waals surface area contributed by atoms with Crippen LogP contribution in [0.3, 0.4) is 0 Å². The molecule has 1 aromatic carbocycles. The molecule has 8 heteroatoms. The molecule has 4 rings (SSSR count). The van der Waals surface area contributed by atoms with Crippen LogP contribution in [0.2, 0.25) is 0 Å². The van der Waals surface area contributed by atoms with Gasteiger partial charge in [-0.25, -0.2) is 4.79 Å². The summed E-state index contributed by atoms with van der Waals surface area (Å²) in [4.78, 5) is 25.0. The quantitative estimate of drug-likeness (QED) is 0.661. The Balaban J connectivity index is 1.70. The number of aryl methyl sites for hydroxylation is 1. The maximum Gasteiger partial charge on any atom is 0.356 e. The standard InChI is InChI=1S/C21H22N4O4/c1-25-15(21(27)28-2)12-16(23-25)22-20(26)17-18(13-8-4-3-5-9-13)24-29-19(17)14-10-6-7-11-14/h3-5,8-9,12,14H,6-7,10-11H2,1-2H3,(H,22,23,26). The molecule has 2 aromatic heterocycles. The van der Waals surface area contributed by atoms with Crippen molar-refractivity contribution in [1.82, 2.24) is 14.9 Å². The van der Waals surface area contributed by atoms with E-state index >= 15 is 0 Å². The first-order valence-corrected chi connectivity index (χ1v) is 9.57. The van der Waals surface area contributed by atoms with Crippen molar-refractivity contribution in [3.8, 4) is 11.3 Å². The second kappa shape index (κ2) is 7.90. The molecule has 29 heavy (non-hydrogen) atoms. The number of ether oxygens (including phenoxy) is 1. The number of amides is 1. The van der Waals surface area contributed by atoms with Crippen LogP contribution in [0.5, 0.6) is 0 Å². The van der Waals surface area contributed by atoms with Crippen molar-refractivity contribution in [2.45, 2.75) is 31.6 Å². The molecule has 0 atom stereocenters.